The predicted molar refractivity (Wildman–Crippen MR) is 74.8 cm³/mol. The molecule has 1 aliphatic rings. The SMILES string of the molecule is Cc1ccc(C[C@]2(O)C[C@H](C)[NH+](C)C[C@@H]2C)cc1. The van der Waals surface area contributed by atoms with Crippen LogP contribution in [-0.2, 0) is 6.42 Å². The van der Waals surface area contributed by atoms with Crippen molar-refractivity contribution in [2.45, 2.75) is 45.3 Å². The highest BCUT2D eigenvalue weighted by molar-refractivity contribution is 5.23. The number of piperidine rings is 1. The molecule has 1 aromatic rings. The summed E-state index contributed by atoms with van der Waals surface area (Å²) in [5, 5.41) is 10.9. The first-order valence-corrected chi connectivity index (χ1v) is 7.01. The van der Waals surface area contributed by atoms with Gasteiger partial charge in [-0.25, -0.2) is 0 Å². The van der Waals surface area contributed by atoms with E-state index in [1.807, 2.05) is 0 Å². The van der Waals surface area contributed by atoms with Crippen molar-refractivity contribution in [3.05, 3.63) is 35.4 Å². The fourth-order valence-electron chi connectivity index (χ4n) is 3.09. The van der Waals surface area contributed by atoms with E-state index in [9.17, 15) is 5.11 Å². The van der Waals surface area contributed by atoms with Crippen molar-refractivity contribution in [1.82, 2.24) is 0 Å². The van der Waals surface area contributed by atoms with Crippen LogP contribution in [0.5, 0.6) is 0 Å². The second-order valence-corrected chi connectivity index (χ2v) is 6.32. The lowest BCUT2D eigenvalue weighted by Gasteiger charge is -2.43. The van der Waals surface area contributed by atoms with Gasteiger partial charge in [0, 0.05) is 18.8 Å². The third-order valence-electron chi connectivity index (χ3n) is 4.68. The molecule has 2 N–H and O–H groups in total. The molecular formula is C16H26NO+. The van der Waals surface area contributed by atoms with Gasteiger partial charge in [-0.05, 0) is 19.4 Å². The van der Waals surface area contributed by atoms with Crippen LogP contribution >= 0.6 is 0 Å². The molecule has 18 heavy (non-hydrogen) atoms. The van der Waals surface area contributed by atoms with Crippen LogP contribution in [0.15, 0.2) is 24.3 Å². The van der Waals surface area contributed by atoms with E-state index >= 15 is 0 Å². The zero-order chi connectivity index (χ0) is 13.3. The normalized spacial score (nSPS) is 36.6. The average Bonchev–Trinajstić information content (AvgIpc) is 2.30. The molecule has 0 saturated carbocycles. The summed E-state index contributed by atoms with van der Waals surface area (Å²) in [6.07, 6.45) is 1.68. The maximum Gasteiger partial charge on any atom is 0.0872 e. The van der Waals surface area contributed by atoms with Crippen molar-refractivity contribution >= 4 is 0 Å². The minimum Gasteiger partial charge on any atom is -0.389 e. The molecule has 0 radical (unpaired) electrons. The van der Waals surface area contributed by atoms with E-state index in [1.54, 1.807) is 0 Å². The van der Waals surface area contributed by atoms with Crippen molar-refractivity contribution in [2.75, 3.05) is 13.6 Å². The Kier molecular flexibility index (Phi) is 3.79. The van der Waals surface area contributed by atoms with Gasteiger partial charge in [0.15, 0.2) is 0 Å². The summed E-state index contributed by atoms with van der Waals surface area (Å²) >= 11 is 0. The Morgan fingerprint density at radius 1 is 1.28 bits per heavy atom. The van der Waals surface area contributed by atoms with Gasteiger partial charge in [-0.2, -0.15) is 0 Å². The van der Waals surface area contributed by atoms with Crippen LogP contribution < -0.4 is 4.90 Å². The van der Waals surface area contributed by atoms with Gasteiger partial charge < -0.3 is 10.0 Å². The van der Waals surface area contributed by atoms with Gasteiger partial charge in [0.2, 0.25) is 0 Å². The van der Waals surface area contributed by atoms with E-state index in [0.29, 0.717) is 12.0 Å². The summed E-state index contributed by atoms with van der Waals surface area (Å²) in [7, 11) is 2.23. The number of nitrogens with one attached hydrogen (secondary N) is 1. The first kappa shape index (κ1) is 13.6. The molecule has 1 heterocycles. The molecule has 2 rings (SSSR count). The van der Waals surface area contributed by atoms with E-state index in [-0.39, 0.29) is 0 Å². The Hall–Kier alpha value is -0.860. The first-order valence-electron chi connectivity index (χ1n) is 7.01. The van der Waals surface area contributed by atoms with Gasteiger partial charge in [0.25, 0.3) is 0 Å². The number of likely N-dealkylation sites (tertiary alicyclic amines) is 1. The van der Waals surface area contributed by atoms with Crippen LogP contribution in [0.25, 0.3) is 0 Å². The molecule has 1 saturated heterocycles. The summed E-state index contributed by atoms with van der Waals surface area (Å²) < 4.78 is 0. The maximum absolute atomic E-state index is 10.9. The molecule has 100 valence electrons. The van der Waals surface area contributed by atoms with E-state index in [2.05, 4.69) is 52.1 Å². The number of aryl methyl sites for hydroxylation is 1. The molecule has 0 aliphatic carbocycles. The molecule has 0 aromatic heterocycles. The summed E-state index contributed by atoms with van der Waals surface area (Å²) in [6.45, 7) is 7.58. The molecule has 2 heteroatoms. The first-order chi connectivity index (χ1) is 8.40. The molecular weight excluding hydrogens is 222 g/mol. The summed E-state index contributed by atoms with van der Waals surface area (Å²) in [6, 6.07) is 9.10. The quantitative estimate of drug-likeness (QED) is 0.808. The number of hydrogen-bond acceptors (Lipinski definition) is 1. The van der Waals surface area contributed by atoms with Crippen LogP contribution in [-0.4, -0.2) is 30.3 Å². The van der Waals surface area contributed by atoms with Crippen molar-refractivity contribution in [1.29, 1.82) is 0 Å². The third kappa shape index (κ3) is 2.76. The molecule has 1 fully saturated rings. The molecule has 4 atom stereocenters. The molecule has 1 unspecified atom stereocenters. The lowest BCUT2D eigenvalue weighted by molar-refractivity contribution is -0.916. The number of rotatable bonds is 2. The highest BCUT2D eigenvalue weighted by atomic mass is 16.3. The largest absolute Gasteiger partial charge is 0.389 e. The smallest absolute Gasteiger partial charge is 0.0872 e. The van der Waals surface area contributed by atoms with Crippen LogP contribution in [0.3, 0.4) is 0 Å². The summed E-state index contributed by atoms with van der Waals surface area (Å²) in [5.41, 5.74) is 2.00. The topological polar surface area (TPSA) is 24.7 Å². The van der Waals surface area contributed by atoms with Crippen molar-refractivity contribution < 1.29 is 10.0 Å². The van der Waals surface area contributed by atoms with Gasteiger partial charge in [-0.3, -0.25) is 0 Å². The Morgan fingerprint density at radius 3 is 2.50 bits per heavy atom. The van der Waals surface area contributed by atoms with Gasteiger partial charge in [-0.1, -0.05) is 36.8 Å². The predicted octanol–water partition coefficient (Wildman–Crippen LogP) is 1.21. The molecule has 2 nitrogen and oxygen atoms in total. The molecule has 1 aliphatic heterocycles. The highest BCUT2D eigenvalue weighted by Gasteiger charge is 2.43. The molecule has 0 spiro atoms. The van der Waals surface area contributed by atoms with E-state index in [4.69, 9.17) is 0 Å². The number of quaternary nitrogens is 1. The fraction of sp³-hybridized carbons (Fsp3) is 0.625. The van der Waals surface area contributed by atoms with Gasteiger partial charge in [0.1, 0.15) is 0 Å². The second-order valence-electron chi connectivity index (χ2n) is 6.32. The van der Waals surface area contributed by atoms with E-state index in [0.717, 1.165) is 19.4 Å². The second kappa shape index (κ2) is 5.02. The van der Waals surface area contributed by atoms with E-state index < -0.39 is 5.60 Å². The third-order valence-corrected chi connectivity index (χ3v) is 4.68. The zero-order valence-electron chi connectivity index (χ0n) is 12.0. The Bertz CT molecular complexity index is 400. The lowest BCUT2D eigenvalue weighted by atomic mass is 9.75. The van der Waals surface area contributed by atoms with Crippen LogP contribution in [0.1, 0.15) is 31.4 Å². The van der Waals surface area contributed by atoms with Gasteiger partial charge in [-0.15, -0.1) is 0 Å². The zero-order valence-corrected chi connectivity index (χ0v) is 12.0. The lowest BCUT2D eigenvalue weighted by Crippen LogP contribution is -3.15. The Morgan fingerprint density at radius 2 is 1.89 bits per heavy atom. The monoisotopic (exact) mass is 248 g/mol. The standard InChI is InChI=1S/C16H25NO/c1-12-5-7-15(8-6-12)10-16(18)9-14(3)17(4)11-13(16)2/h5-8,13-14,18H,9-11H2,1-4H3/p+1/t13-,14-,16+/m0/s1. The minimum atomic E-state index is -0.534. The van der Waals surface area contributed by atoms with Crippen LogP contribution in [0, 0.1) is 12.8 Å². The Labute approximate surface area is 111 Å². The van der Waals surface area contributed by atoms with Crippen molar-refractivity contribution in [2.24, 2.45) is 5.92 Å². The minimum absolute atomic E-state index is 0.356. The highest BCUT2D eigenvalue weighted by Crippen LogP contribution is 2.29. The van der Waals surface area contributed by atoms with Gasteiger partial charge >= 0.3 is 0 Å². The van der Waals surface area contributed by atoms with Crippen LogP contribution in [0.4, 0.5) is 0 Å². The summed E-state index contributed by atoms with van der Waals surface area (Å²) in [4.78, 5) is 1.54. The molecule has 1 aromatic carbocycles. The number of benzene rings is 1. The maximum atomic E-state index is 10.9. The average molecular weight is 248 g/mol. The van der Waals surface area contributed by atoms with Crippen LogP contribution in [0.2, 0.25) is 0 Å². The van der Waals surface area contributed by atoms with Crippen molar-refractivity contribution in [3.63, 3.8) is 0 Å². The van der Waals surface area contributed by atoms with Gasteiger partial charge in [0.05, 0.1) is 25.2 Å². The van der Waals surface area contributed by atoms with E-state index in [1.165, 1.54) is 16.0 Å². The molecule has 0 bridgehead atoms. The fourth-order valence-corrected chi connectivity index (χ4v) is 3.09. The number of hydrogen-bond donors (Lipinski definition) is 2. The number of aliphatic hydroxyl groups is 1. The molecule has 0 amide bonds. The Balaban J connectivity index is 2.13. The van der Waals surface area contributed by atoms with Crippen molar-refractivity contribution in [3.8, 4) is 0 Å². The summed E-state index contributed by atoms with van der Waals surface area (Å²) in [5.74, 6) is 0.356.